The number of fused-ring (bicyclic) bond motifs is 1. The van der Waals surface area contributed by atoms with Gasteiger partial charge in [0.15, 0.2) is 0 Å². The van der Waals surface area contributed by atoms with E-state index in [1.807, 2.05) is 0 Å². The summed E-state index contributed by atoms with van der Waals surface area (Å²) in [5.74, 6) is 2.09. The zero-order chi connectivity index (χ0) is 54.9. The number of nitrogens with one attached hydrogen (secondary N) is 2. The minimum atomic E-state index is -0.739. The van der Waals surface area contributed by atoms with Crippen molar-refractivity contribution in [3.05, 3.63) is 135 Å². The van der Waals surface area contributed by atoms with Crippen LogP contribution in [0.5, 0.6) is 0 Å². The summed E-state index contributed by atoms with van der Waals surface area (Å²) in [4.78, 5) is 27.1. The molecule has 2 spiro atoms. The van der Waals surface area contributed by atoms with E-state index in [4.69, 9.17) is 6.58 Å². The molecule has 7 heteroatoms. The lowest BCUT2D eigenvalue weighted by molar-refractivity contribution is -0.173. The van der Waals surface area contributed by atoms with Gasteiger partial charge in [0.2, 0.25) is 0 Å². The number of aliphatic carboxylic acids is 1. The molecule has 16 aliphatic rings. The molecule has 6 heterocycles. The largest absolute Gasteiger partial charge is 0.481 e. The fourth-order valence-corrected chi connectivity index (χ4v) is 22.3. The number of rotatable bonds is 5. The molecule has 7 nitrogen and oxygen atoms in total. The first-order valence-electron chi connectivity index (χ1n) is 32.4. The number of benzene rings is 2. The first kappa shape index (κ1) is 53.3. The highest BCUT2D eigenvalue weighted by atomic mass is 16.4. The molecule has 0 saturated heterocycles. The van der Waals surface area contributed by atoms with Crippen molar-refractivity contribution in [1.29, 1.82) is 0 Å². The molecule has 2 aromatic carbocycles. The third-order valence-electron chi connectivity index (χ3n) is 25.9. The van der Waals surface area contributed by atoms with Crippen molar-refractivity contribution in [3.8, 4) is 0 Å². The standard InChI is InChI=1S/C73H92N2O5/c1-44-21-27-57(67(79)80)66-63(77)42-72-31-11-18-52(70(66,72)4)39-61-62(72)41-71-40-59-58(37-46-13-10-17-49(36-46)51-24-28-65(75-43-51)74-34-12-20-55(44)48-14-6-5-7-15-48)56-19-9-8-16-50(56)38-60(59)73(61)33-30-64(78)69(3,68(71)73)32-29-53(71)35-45(2)47-22-25-54(76)26-23-47/h8-10,13,16-17,19,24,28-29,36,38,40,45,47-48,52,55,57,60,63-64,66,68,74-75,77-78H,1,5-7,11-12,14-15,18,20-23,25-27,30-35,37,39,41-43H2,2-4H3,(H,79,80)/t45-,52+,55-,57-,60-,63-,64+,66+,68-,69-,70-,71-,72+,73+/m1/s1. The fourth-order valence-electron chi connectivity index (χ4n) is 22.3. The van der Waals surface area contributed by atoms with Gasteiger partial charge in [0.25, 0.3) is 0 Å². The number of hydrogen-bond donors (Lipinski definition) is 5. The third kappa shape index (κ3) is 7.96. The molecule has 2 aromatic rings. The zero-order valence-electron chi connectivity index (χ0n) is 48.6. The maximum absolute atomic E-state index is 14.3. The van der Waals surface area contributed by atoms with Crippen molar-refractivity contribution in [2.45, 2.75) is 187 Å². The molecule has 15 bridgehead atoms. The minimum Gasteiger partial charge on any atom is -0.481 e. The van der Waals surface area contributed by atoms with Gasteiger partial charge in [-0.3, -0.25) is 9.59 Å². The lowest BCUT2D eigenvalue weighted by Gasteiger charge is -2.75. The normalized spacial score (nSPS) is 40.1. The number of ketones is 1. The minimum absolute atomic E-state index is 0.102. The quantitative estimate of drug-likeness (QED) is 0.189. The molecule has 6 aliphatic heterocycles. The zero-order valence-corrected chi connectivity index (χ0v) is 48.6. The van der Waals surface area contributed by atoms with Crippen LogP contribution in [0, 0.1) is 80.3 Å². The molecule has 0 aromatic heterocycles. The predicted molar refractivity (Wildman–Crippen MR) is 320 cm³/mol. The van der Waals surface area contributed by atoms with E-state index in [0.717, 1.165) is 109 Å². The Labute approximate surface area is 477 Å². The van der Waals surface area contributed by atoms with Crippen molar-refractivity contribution < 1.29 is 24.9 Å². The number of allylic oxidation sites excluding steroid dienone is 9. The third-order valence-corrected chi connectivity index (χ3v) is 25.9. The van der Waals surface area contributed by atoms with Gasteiger partial charge in [-0.1, -0.05) is 148 Å². The number of hydrogen-bond acceptors (Lipinski definition) is 6. The number of dihydropyridines is 1. The molecule has 424 valence electrons. The molecular weight excluding hydrogens is 985 g/mol. The monoisotopic (exact) mass is 1080 g/mol. The van der Waals surface area contributed by atoms with Crippen molar-refractivity contribution >= 4 is 29.0 Å². The van der Waals surface area contributed by atoms with E-state index < -0.39 is 34.9 Å². The van der Waals surface area contributed by atoms with Crippen LogP contribution in [-0.2, 0) is 16.0 Å². The molecule has 10 aliphatic carbocycles. The van der Waals surface area contributed by atoms with Crippen LogP contribution in [0.2, 0.25) is 0 Å². The van der Waals surface area contributed by atoms with E-state index >= 15 is 0 Å². The Morgan fingerprint density at radius 1 is 0.863 bits per heavy atom. The number of carbonyl (C=O) groups is 2. The first-order valence-corrected chi connectivity index (χ1v) is 32.4. The Morgan fingerprint density at radius 2 is 1.69 bits per heavy atom. The van der Waals surface area contributed by atoms with Gasteiger partial charge in [-0.05, 0) is 201 Å². The highest BCUT2D eigenvalue weighted by Gasteiger charge is 2.77. The van der Waals surface area contributed by atoms with Gasteiger partial charge in [0.1, 0.15) is 5.78 Å². The summed E-state index contributed by atoms with van der Waals surface area (Å²) in [5, 5.41) is 48.0. The van der Waals surface area contributed by atoms with E-state index in [-0.39, 0.29) is 39.9 Å². The second kappa shape index (κ2) is 20.0. The van der Waals surface area contributed by atoms with Crippen molar-refractivity contribution in [2.75, 3.05) is 13.1 Å². The highest BCUT2D eigenvalue weighted by Crippen LogP contribution is 2.84. The Morgan fingerprint density at radius 3 is 2.49 bits per heavy atom. The molecule has 80 heavy (non-hydrogen) atoms. The Kier molecular flexibility index (Phi) is 13.3. The topological polar surface area (TPSA) is 119 Å². The summed E-state index contributed by atoms with van der Waals surface area (Å²) in [7, 11) is 0. The lowest BCUT2D eigenvalue weighted by atomic mass is 9.29. The number of aliphatic hydroxyl groups excluding tert-OH is 2. The molecule has 5 saturated carbocycles. The summed E-state index contributed by atoms with van der Waals surface area (Å²) < 4.78 is 0. The van der Waals surface area contributed by atoms with E-state index in [2.05, 4.69) is 110 Å². The van der Waals surface area contributed by atoms with Gasteiger partial charge in [-0.25, -0.2) is 0 Å². The maximum Gasteiger partial charge on any atom is 0.306 e. The Hall–Kier alpha value is -4.72. The van der Waals surface area contributed by atoms with Crippen LogP contribution in [0.1, 0.15) is 180 Å². The van der Waals surface area contributed by atoms with E-state index in [1.54, 1.807) is 16.7 Å². The number of Topliss-reactive ketones (excluding diaryl/α,β-unsaturated/α-hetero) is 1. The van der Waals surface area contributed by atoms with Gasteiger partial charge in [0.05, 0.1) is 23.9 Å². The number of aliphatic hydroxyl groups is 2. The van der Waals surface area contributed by atoms with Gasteiger partial charge < -0.3 is 26.0 Å². The number of carboxylic acid groups (broad SMARTS) is 1. The second-order valence-electron chi connectivity index (χ2n) is 29.2. The van der Waals surface area contributed by atoms with Gasteiger partial charge >= 0.3 is 5.97 Å². The summed E-state index contributed by atoms with van der Waals surface area (Å²) in [6.07, 6.45) is 34.4. The molecule has 14 atom stereocenters. The summed E-state index contributed by atoms with van der Waals surface area (Å²) >= 11 is 0. The Bertz CT molecular complexity index is 3180. The molecule has 0 amide bonds. The van der Waals surface area contributed by atoms with E-state index in [1.165, 1.54) is 76.0 Å². The Balaban J connectivity index is 0.978. The van der Waals surface area contributed by atoms with Crippen LogP contribution < -0.4 is 21.1 Å². The van der Waals surface area contributed by atoms with Crippen LogP contribution in [0.4, 0.5) is 0 Å². The fraction of sp³-hybridized carbons (Fsp3) is 0.616. The molecular formula is C73H92N2O5. The summed E-state index contributed by atoms with van der Waals surface area (Å²) in [6, 6.07) is 18.6. The molecule has 18 rings (SSSR count). The number of carboxylic acids is 1. The maximum atomic E-state index is 14.3. The van der Waals surface area contributed by atoms with Crippen LogP contribution in [0.15, 0.2) is 113 Å². The second-order valence-corrected chi connectivity index (χ2v) is 29.2. The van der Waals surface area contributed by atoms with Crippen LogP contribution in [0.25, 0.3) is 17.2 Å². The average molecular weight is 1080 g/mol. The number of carbonyl (C=O) groups excluding carboxylic acids is 1. The van der Waals surface area contributed by atoms with E-state index in [9.17, 15) is 24.9 Å². The molecule has 5 N–H and O–H groups in total. The van der Waals surface area contributed by atoms with Gasteiger partial charge in [-0.15, -0.1) is 0 Å². The summed E-state index contributed by atoms with van der Waals surface area (Å²) in [6.45, 7) is 14.0. The smallest absolute Gasteiger partial charge is 0.306 e. The van der Waals surface area contributed by atoms with Crippen LogP contribution in [-0.4, -0.2) is 52.4 Å². The average Bonchev–Trinajstić information content (AvgIpc) is 1.08. The van der Waals surface area contributed by atoms with Crippen molar-refractivity contribution in [3.63, 3.8) is 0 Å². The van der Waals surface area contributed by atoms with E-state index in [0.29, 0.717) is 61.6 Å². The molecule has 0 radical (unpaired) electrons. The van der Waals surface area contributed by atoms with Crippen LogP contribution in [0.3, 0.4) is 0 Å². The summed E-state index contributed by atoms with van der Waals surface area (Å²) in [5.41, 5.74) is 11.1. The predicted octanol–water partition coefficient (Wildman–Crippen LogP) is 13.0. The van der Waals surface area contributed by atoms with Crippen molar-refractivity contribution in [2.24, 2.45) is 80.3 Å². The van der Waals surface area contributed by atoms with Crippen molar-refractivity contribution in [1.82, 2.24) is 10.6 Å². The molecule has 0 unspecified atom stereocenters. The SMILES string of the molecule is C=C1CC[C@@H](C(=O)O)[C@H]2[C@H](O)C[C@@]34CCC[C@@H](CC5=C3C[C@]36C=C7C(=c8ccccc8=C[C@H]7[C@@]57CC[C@H](O)[C@@](C)(CC=C3C[C@@H](C)C3CCC(=O)CC3)[C@@H]76)Cc3cccc(c3)C3=CC=C(NCCC[C@H]1C1CCCCC1)NC3)[C@]24C. The van der Waals surface area contributed by atoms with Crippen LogP contribution >= 0.6 is 0 Å². The van der Waals surface area contributed by atoms with Gasteiger partial charge in [-0.2, -0.15) is 0 Å². The van der Waals surface area contributed by atoms with Gasteiger partial charge in [0, 0.05) is 59.4 Å². The first-order chi connectivity index (χ1) is 38.7. The lowest BCUT2D eigenvalue weighted by Crippen LogP contribution is -2.69. The molecule has 5 fully saturated rings. The highest BCUT2D eigenvalue weighted by molar-refractivity contribution is 5.79.